The van der Waals surface area contributed by atoms with Crippen LogP contribution in [0.25, 0.3) is 10.9 Å². The smallest absolute Gasteiger partial charge is 0.407 e. The van der Waals surface area contributed by atoms with Crippen LogP contribution < -0.4 is 15.6 Å². The first-order valence-electron chi connectivity index (χ1n) is 11.3. The Morgan fingerprint density at radius 3 is 2.49 bits per heavy atom. The highest BCUT2D eigenvalue weighted by atomic mass is 35.5. The number of rotatable bonds is 4. The van der Waals surface area contributed by atoms with Crippen molar-refractivity contribution in [1.29, 1.82) is 0 Å². The number of nitrogens with one attached hydrogen (secondary N) is 1. The number of ether oxygens (including phenoxy) is 1. The molecule has 3 atom stereocenters. The van der Waals surface area contributed by atoms with Gasteiger partial charge in [-0.05, 0) is 26.8 Å². The summed E-state index contributed by atoms with van der Waals surface area (Å²) in [6.07, 6.45) is -0.607. The largest absolute Gasteiger partial charge is 0.477 e. The number of halogens is 3. The molecule has 2 aromatic rings. The maximum atomic E-state index is 15.4. The maximum Gasteiger partial charge on any atom is 0.407 e. The van der Waals surface area contributed by atoms with Gasteiger partial charge in [0.25, 0.3) is 0 Å². The van der Waals surface area contributed by atoms with Crippen molar-refractivity contribution in [2.24, 2.45) is 5.41 Å². The second-order valence-corrected chi connectivity index (χ2v) is 11.3. The van der Waals surface area contributed by atoms with Crippen LogP contribution in [0.3, 0.4) is 0 Å². The first-order chi connectivity index (χ1) is 16.1. The molecule has 1 amide bonds. The van der Waals surface area contributed by atoms with Crippen molar-refractivity contribution in [3.05, 3.63) is 38.9 Å². The van der Waals surface area contributed by atoms with E-state index in [2.05, 4.69) is 5.32 Å². The summed E-state index contributed by atoms with van der Waals surface area (Å²) >= 11 is 6.67. The van der Waals surface area contributed by atoms with E-state index in [4.69, 9.17) is 16.3 Å². The molecule has 190 valence electrons. The van der Waals surface area contributed by atoms with E-state index in [1.165, 1.54) is 4.57 Å². The number of fused-ring (bicyclic) bond motifs is 1. The SMILES string of the molecule is CC(C)(C)OC(=O)NC1CN(c2c(F)cc3c(=O)c(C(=O)O)cn([C@@H]4C[C@H]4F)c3c2Cl)CC1(C)C. The van der Waals surface area contributed by atoms with Crippen LogP contribution in [-0.4, -0.2) is 52.6 Å². The number of alkyl carbamates (subject to hydrolysis) is 1. The molecule has 0 bridgehead atoms. The van der Waals surface area contributed by atoms with E-state index in [1.54, 1.807) is 25.7 Å². The minimum absolute atomic E-state index is 0.00742. The van der Waals surface area contributed by atoms with E-state index in [9.17, 15) is 23.9 Å². The number of pyridine rings is 1. The summed E-state index contributed by atoms with van der Waals surface area (Å²) in [5.74, 6) is -2.30. The van der Waals surface area contributed by atoms with Crippen LogP contribution in [0.2, 0.25) is 5.02 Å². The highest BCUT2D eigenvalue weighted by Gasteiger charge is 2.44. The topological polar surface area (TPSA) is 101 Å². The molecule has 1 saturated carbocycles. The van der Waals surface area contributed by atoms with Crippen molar-refractivity contribution in [2.45, 2.75) is 64.9 Å². The zero-order valence-corrected chi connectivity index (χ0v) is 20.9. The number of carbonyl (C=O) groups excluding carboxylic acids is 1. The second-order valence-electron chi connectivity index (χ2n) is 10.9. The van der Waals surface area contributed by atoms with Crippen LogP contribution in [0.1, 0.15) is 57.4 Å². The van der Waals surface area contributed by atoms with Crippen LogP contribution in [-0.2, 0) is 4.74 Å². The van der Waals surface area contributed by atoms with Gasteiger partial charge >= 0.3 is 12.1 Å². The molecular weight excluding hydrogens is 484 g/mol. The lowest BCUT2D eigenvalue weighted by Crippen LogP contribution is -2.46. The third-order valence-electron chi connectivity index (χ3n) is 6.40. The predicted molar refractivity (Wildman–Crippen MR) is 128 cm³/mol. The van der Waals surface area contributed by atoms with Crippen LogP contribution >= 0.6 is 11.6 Å². The molecule has 2 heterocycles. The molecule has 1 aliphatic carbocycles. The van der Waals surface area contributed by atoms with Crippen LogP contribution in [0, 0.1) is 11.2 Å². The Hall–Kier alpha value is -2.88. The summed E-state index contributed by atoms with van der Waals surface area (Å²) in [6.45, 7) is 9.60. The molecule has 2 aliphatic rings. The molecule has 1 aromatic heterocycles. The minimum Gasteiger partial charge on any atom is -0.477 e. The molecule has 4 rings (SSSR count). The van der Waals surface area contributed by atoms with Gasteiger partial charge in [0.1, 0.15) is 23.2 Å². The summed E-state index contributed by atoms with van der Waals surface area (Å²) in [4.78, 5) is 38.4. The highest BCUT2D eigenvalue weighted by Crippen LogP contribution is 2.45. The molecule has 35 heavy (non-hydrogen) atoms. The Morgan fingerprint density at radius 2 is 1.94 bits per heavy atom. The fourth-order valence-corrected chi connectivity index (χ4v) is 4.98. The van der Waals surface area contributed by atoms with Crippen molar-refractivity contribution >= 4 is 40.3 Å². The second kappa shape index (κ2) is 8.36. The average Bonchev–Trinajstić information content (AvgIpc) is 3.34. The Morgan fingerprint density at radius 1 is 1.31 bits per heavy atom. The number of aromatic nitrogens is 1. The van der Waals surface area contributed by atoms with Crippen LogP contribution in [0.15, 0.2) is 17.1 Å². The van der Waals surface area contributed by atoms with Gasteiger partial charge in [0.05, 0.1) is 33.7 Å². The molecule has 8 nitrogen and oxygen atoms in total. The third kappa shape index (κ3) is 4.68. The van der Waals surface area contributed by atoms with Crippen molar-refractivity contribution in [3.63, 3.8) is 0 Å². The Kier molecular flexibility index (Phi) is 6.02. The van der Waals surface area contributed by atoms with Crippen molar-refractivity contribution in [3.8, 4) is 0 Å². The number of hydrogen-bond acceptors (Lipinski definition) is 5. The summed E-state index contributed by atoms with van der Waals surface area (Å²) in [5, 5.41) is 11.9. The van der Waals surface area contributed by atoms with Gasteiger partial charge in [-0.25, -0.2) is 18.4 Å². The third-order valence-corrected chi connectivity index (χ3v) is 6.76. The monoisotopic (exact) mass is 511 g/mol. The van der Waals surface area contributed by atoms with Gasteiger partial charge in [0.15, 0.2) is 0 Å². The molecule has 2 N–H and O–H groups in total. The number of hydrogen-bond donors (Lipinski definition) is 2. The molecule has 1 saturated heterocycles. The molecule has 2 fully saturated rings. The number of aromatic carboxylic acids is 1. The number of nitrogens with zero attached hydrogens (tertiary/aromatic N) is 2. The van der Waals surface area contributed by atoms with Gasteiger partial charge in [-0.1, -0.05) is 25.4 Å². The molecule has 0 spiro atoms. The minimum atomic E-state index is -1.49. The summed E-state index contributed by atoms with van der Waals surface area (Å²) in [5.41, 5.74) is -2.55. The van der Waals surface area contributed by atoms with Crippen molar-refractivity contribution < 1.29 is 28.2 Å². The zero-order chi connectivity index (χ0) is 26.0. The van der Waals surface area contributed by atoms with E-state index in [0.29, 0.717) is 6.54 Å². The van der Waals surface area contributed by atoms with Crippen molar-refractivity contribution in [1.82, 2.24) is 9.88 Å². The lowest BCUT2D eigenvalue weighted by atomic mass is 9.88. The number of carboxylic acids is 1. The van der Waals surface area contributed by atoms with Gasteiger partial charge in [0, 0.05) is 31.1 Å². The quantitative estimate of drug-likeness (QED) is 0.626. The first kappa shape index (κ1) is 25.2. The molecule has 0 radical (unpaired) electrons. The summed E-state index contributed by atoms with van der Waals surface area (Å²) in [7, 11) is 0. The normalized spacial score (nSPS) is 23.4. The van der Waals surface area contributed by atoms with Crippen molar-refractivity contribution in [2.75, 3.05) is 18.0 Å². The van der Waals surface area contributed by atoms with E-state index in [0.717, 1.165) is 12.3 Å². The number of benzene rings is 1. The van der Waals surface area contributed by atoms with Gasteiger partial charge in [-0.2, -0.15) is 0 Å². The lowest BCUT2D eigenvalue weighted by molar-refractivity contribution is 0.0479. The summed E-state index contributed by atoms with van der Waals surface area (Å²) < 4.78 is 36.1. The Labute approximate surface area is 205 Å². The van der Waals surface area contributed by atoms with E-state index < -0.39 is 58.1 Å². The summed E-state index contributed by atoms with van der Waals surface area (Å²) in [6, 6.07) is -0.138. The van der Waals surface area contributed by atoms with E-state index >= 15 is 4.39 Å². The average molecular weight is 512 g/mol. The predicted octanol–water partition coefficient (Wildman–Crippen LogP) is 4.51. The van der Waals surface area contributed by atoms with Gasteiger partial charge in [-0.3, -0.25) is 4.79 Å². The van der Waals surface area contributed by atoms with Gasteiger partial charge < -0.3 is 24.6 Å². The van der Waals surface area contributed by atoms with Crippen LogP contribution in [0.4, 0.5) is 19.3 Å². The molecule has 1 aromatic carbocycles. The van der Waals surface area contributed by atoms with E-state index in [1.807, 2.05) is 13.8 Å². The Balaban J connectivity index is 1.78. The molecule has 1 unspecified atom stereocenters. The maximum absolute atomic E-state index is 15.4. The Bertz CT molecular complexity index is 1290. The number of anilines is 1. The molecular formula is C24H28ClF2N3O5. The number of carbonyl (C=O) groups is 2. The molecule has 11 heteroatoms. The number of amides is 1. The number of alkyl halides is 1. The highest BCUT2D eigenvalue weighted by molar-refractivity contribution is 6.38. The zero-order valence-electron chi connectivity index (χ0n) is 20.1. The van der Waals surface area contributed by atoms with Gasteiger partial charge in [0.2, 0.25) is 5.43 Å². The van der Waals surface area contributed by atoms with E-state index in [-0.39, 0.29) is 34.6 Å². The first-order valence-corrected chi connectivity index (χ1v) is 11.7. The fourth-order valence-electron chi connectivity index (χ4n) is 4.57. The lowest BCUT2D eigenvalue weighted by Gasteiger charge is -2.28. The molecule has 1 aliphatic heterocycles. The fraction of sp³-hybridized carbons (Fsp3) is 0.542. The van der Waals surface area contributed by atoms with Crippen LogP contribution in [0.5, 0.6) is 0 Å². The standard InChI is InChI=1S/C24H28ClF2N3O5/c1-23(2,3)35-22(34)28-16-9-29(10-24(16,4)5)19-14(27)6-11-18(17(19)25)30(15-7-13(15)26)8-12(20(11)31)21(32)33/h6,8,13,15-16H,7,9-10H2,1-5H3,(H,28,34)(H,32,33)/t13-,15-,16?/m1/s1. The number of carboxylic acid groups (broad SMARTS) is 1. The van der Waals surface area contributed by atoms with Gasteiger partial charge in [-0.15, -0.1) is 0 Å².